The molecule has 0 aromatic heterocycles. The highest BCUT2D eigenvalue weighted by Gasteiger charge is 2.20. The maximum Gasteiger partial charge on any atom is 0.341 e. The molecule has 0 saturated heterocycles. The standard InChI is InChI=1S/C18H20N2O7S/c1-3-19-17(22)11-27-13-6-4-5-12(9-13)20-28(24,25)14-7-8-16(21)15(10-14)18(23)26-2/h4-10,20-21H,3,11H2,1-2H3,(H,19,22). The lowest BCUT2D eigenvalue weighted by molar-refractivity contribution is -0.122. The van der Waals surface area contributed by atoms with Crippen molar-refractivity contribution in [3.05, 3.63) is 48.0 Å². The topological polar surface area (TPSA) is 131 Å². The van der Waals surface area contributed by atoms with Crippen molar-refractivity contribution < 1.29 is 32.6 Å². The van der Waals surface area contributed by atoms with E-state index in [1.165, 1.54) is 12.1 Å². The van der Waals surface area contributed by atoms with Crippen molar-refractivity contribution in [3.8, 4) is 11.5 Å². The number of phenolic OH excluding ortho intramolecular Hbond substituents is 1. The molecule has 0 aliphatic rings. The molecule has 28 heavy (non-hydrogen) atoms. The van der Waals surface area contributed by atoms with Gasteiger partial charge in [0, 0.05) is 12.6 Å². The maximum atomic E-state index is 12.6. The minimum absolute atomic E-state index is 0.195. The van der Waals surface area contributed by atoms with Gasteiger partial charge in [0.2, 0.25) is 0 Å². The largest absolute Gasteiger partial charge is 0.507 e. The number of methoxy groups -OCH3 is 1. The predicted octanol–water partition coefficient (Wildman–Crippen LogP) is 1.49. The molecule has 9 nitrogen and oxygen atoms in total. The molecule has 0 bridgehead atoms. The van der Waals surface area contributed by atoms with Gasteiger partial charge in [0.15, 0.2) is 6.61 Å². The number of carbonyl (C=O) groups excluding carboxylic acids is 2. The zero-order valence-electron chi connectivity index (χ0n) is 15.3. The van der Waals surface area contributed by atoms with Gasteiger partial charge in [-0.15, -0.1) is 0 Å². The van der Waals surface area contributed by atoms with E-state index < -0.39 is 21.7 Å². The number of anilines is 1. The summed E-state index contributed by atoms with van der Waals surface area (Å²) in [6, 6.07) is 9.30. The summed E-state index contributed by atoms with van der Waals surface area (Å²) in [6.07, 6.45) is 0. The fraction of sp³-hybridized carbons (Fsp3) is 0.222. The van der Waals surface area contributed by atoms with Crippen molar-refractivity contribution in [1.82, 2.24) is 5.32 Å². The maximum absolute atomic E-state index is 12.6. The Morgan fingerprint density at radius 2 is 1.89 bits per heavy atom. The highest BCUT2D eigenvalue weighted by molar-refractivity contribution is 7.92. The number of esters is 1. The summed E-state index contributed by atoms with van der Waals surface area (Å²) < 4.78 is 37.4. The van der Waals surface area contributed by atoms with Gasteiger partial charge < -0.3 is 19.9 Å². The first-order valence-corrected chi connectivity index (χ1v) is 9.69. The minimum atomic E-state index is -4.05. The molecule has 0 aliphatic heterocycles. The molecule has 0 spiro atoms. The first-order chi connectivity index (χ1) is 13.3. The first kappa shape index (κ1) is 21.0. The molecule has 2 aromatic carbocycles. The molecule has 0 saturated carbocycles. The van der Waals surface area contributed by atoms with Gasteiger partial charge >= 0.3 is 5.97 Å². The van der Waals surface area contributed by atoms with E-state index in [0.717, 1.165) is 25.3 Å². The highest BCUT2D eigenvalue weighted by Crippen LogP contribution is 2.25. The summed E-state index contributed by atoms with van der Waals surface area (Å²) in [4.78, 5) is 22.9. The van der Waals surface area contributed by atoms with Crippen molar-refractivity contribution in [2.24, 2.45) is 0 Å². The summed E-state index contributed by atoms with van der Waals surface area (Å²) >= 11 is 0. The number of aromatic hydroxyl groups is 1. The van der Waals surface area contributed by atoms with Crippen LogP contribution in [0, 0.1) is 0 Å². The van der Waals surface area contributed by atoms with E-state index in [9.17, 15) is 23.1 Å². The minimum Gasteiger partial charge on any atom is -0.507 e. The fourth-order valence-electron chi connectivity index (χ4n) is 2.22. The molecule has 1 amide bonds. The van der Waals surface area contributed by atoms with Gasteiger partial charge in [0.1, 0.15) is 17.1 Å². The average Bonchev–Trinajstić information content (AvgIpc) is 2.66. The Morgan fingerprint density at radius 1 is 1.14 bits per heavy atom. The van der Waals surface area contributed by atoms with Gasteiger partial charge in [0.05, 0.1) is 17.7 Å². The average molecular weight is 408 g/mol. The molecule has 0 unspecified atom stereocenters. The second kappa shape index (κ2) is 9.09. The molecule has 0 atom stereocenters. The van der Waals surface area contributed by atoms with Crippen LogP contribution in [-0.2, 0) is 19.6 Å². The number of rotatable bonds is 8. The number of hydrogen-bond donors (Lipinski definition) is 3. The molecule has 2 aromatic rings. The number of nitrogens with one attached hydrogen (secondary N) is 2. The van der Waals surface area contributed by atoms with Crippen molar-refractivity contribution in [2.45, 2.75) is 11.8 Å². The van der Waals surface area contributed by atoms with E-state index in [0.29, 0.717) is 12.3 Å². The van der Waals surface area contributed by atoms with E-state index in [2.05, 4.69) is 14.8 Å². The van der Waals surface area contributed by atoms with Crippen LogP contribution in [0.25, 0.3) is 0 Å². The number of likely N-dealkylation sites (N-methyl/N-ethyl adjacent to an activating group) is 1. The molecule has 0 fully saturated rings. The number of carbonyl (C=O) groups is 2. The monoisotopic (exact) mass is 408 g/mol. The molecule has 10 heteroatoms. The number of sulfonamides is 1. The Kier molecular flexibility index (Phi) is 6.83. The molecular formula is C18H20N2O7S. The molecule has 0 heterocycles. The van der Waals surface area contributed by atoms with Gasteiger partial charge in [-0.1, -0.05) is 6.07 Å². The van der Waals surface area contributed by atoms with E-state index in [4.69, 9.17) is 4.74 Å². The number of phenols is 1. The third-order valence-corrected chi connectivity index (χ3v) is 4.89. The van der Waals surface area contributed by atoms with Crippen LogP contribution in [0.4, 0.5) is 5.69 Å². The van der Waals surface area contributed by atoms with Crippen LogP contribution in [0.2, 0.25) is 0 Å². The van der Waals surface area contributed by atoms with Gasteiger partial charge in [-0.2, -0.15) is 0 Å². The summed E-state index contributed by atoms with van der Waals surface area (Å²) in [6.45, 7) is 2.05. The smallest absolute Gasteiger partial charge is 0.341 e. The van der Waals surface area contributed by atoms with Gasteiger partial charge in [-0.3, -0.25) is 9.52 Å². The van der Waals surface area contributed by atoms with Crippen LogP contribution >= 0.6 is 0 Å². The van der Waals surface area contributed by atoms with Crippen molar-refractivity contribution in [2.75, 3.05) is 25.0 Å². The second-order valence-electron chi connectivity index (χ2n) is 5.55. The van der Waals surface area contributed by atoms with Crippen LogP contribution in [0.3, 0.4) is 0 Å². The summed E-state index contributed by atoms with van der Waals surface area (Å²) in [5.41, 5.74) is -0.0783. The lowest BCUT2D eigenvalue weighted by Crippen LogP contribution is -2.28. The van der Waals surface area contributed by atoms with Crippen LogP contribution < -0.4 is 14.8 Å². The zero-order chi connectivity index (χ0) is 20.7. The fourth-order valence-corrected chi connectivity index (χ4v) is 3.29. The number of amides is 1. The first-order valence-electron chi connectivity index (χ1n) is 8.20. The normalized spacial score (nSPS) is 10.8. The molecule has 0 aliphatic carbocycles. The molecular weight excluding hydrogens is 388 g/mol. The lowest BCUT2D eigenvalue weighted by atomic mass is 10.2. The summed E-state index contributed by atoms with van der Waals surface area (Å²) in [5.74, 6) is -1.26. The highest BCUT2D eigenvalue weighted by atomic mass is 32.2. The van der Waals surface area contributed by atoms with E-state index >= 15 is 0 Å². The van der Waals surface area contributed by atoms with E-state index in [-0.39, 0.29) is 28.7 Å². The quantitative estimate of drug-likeness (QED) is 0.564. The second-order valence-corrected chi connectivity index (χ2v) is 7.23. The van der Waals surface area contributed by atoms with E-state index in [1.54, 1.807) is 19.1 Å². The van der Waals surface area contributed by atoms with Gasteiger partial charge in [0.25, 0.3) is 15.9 Å². The Balaban J connectivity index is 2.19. The van der Waals surface area contributed by atoms with Crippen LogP contribution in [0.5, 0.6) is 11.5 Å². The van der Waals surface area contributed by atoms with Gasteiger partial charge in [-0.25, -0.2) is 13.2 Å². The molecule has 3 N–H and O–H groups in total. The van der Waals surface area contributed by atoms with Gasteiger partial charge in [-0.05, 0) is 37.3 Å². The predicted molar refractivity (Wildman–Crippen MR) is 101 cm³/mol. The van der Waals surface area contributed by atoms with Crippen molar-refractivity contribution >= 4 is 27.6 Å². The van der Waals surface area contributed by atoms with Crippen molar-refractivity contribution in [1.29, 1.82) is 0 Å². The third-order valence-electron chi connectivity index (χ3n) is 3.51. The summed E-state index contributed by atoms with van der Waals surface area (Å²) in [7, 11) is -2.94. The Bertz CT molecular complexity index is 974. The molecule has 2 rings (SSSR count). The Hall–Kier alpha value is -3.27. The number of ether oxygens (including phenoxy) is 2. The van der Waals surface area contributed by atoms with Crippen LogP contribution in [-0.4, -0.2) is 45.7 Å². The SMILES string of the molecule is CCNC(=O)COc1cccc(NS(=O)(=O)c2ccc(O)c(C(=O)OC)c2)c1. The molecule has 0 radical (unpaired) electrons. The van der Waals surface area contributed by atoms with Crippen molar-refractivity contribution in [3.63, 3.8) is 0 Å². The number of benzene rings is 2. The molecule has 150 valence electrons. The zero-order valence-corrected chi connectivity index (χ0v) is 16.1. The van der Waals surface area contributed by atoms with E-state index in [1.807, 2.05) is 0 Å². The third kappa shape index (κ3) is 5.36. The van der Waals surface area contributed by atoms with Crippen LogP contribution in [0.1, 0.15) is 17.3 Å². The summed E-state index contributed by atoms with van der Waals surface area (Å²) in [5, 5.41) is 12.3. The Labute approximate surface area is 162 Å². The lowest BCUT2D eigenvalue weighted by Gasteiger charge is -2.11. The Morgan fingerprint density at radius 3 is 2.57 bits per heavy atom. The number of hydrogen-bond acceptors (Lipinski definition) is 7. The van der Waals surface area contributed by atoms with Crippen LogP contribution in [0.15, 0.2) is 47.4 Å².